The van der Waals surface area contributed by atoms with Gasteiger partial charge in [-0.05, 0) is 65.1 Å². The number of carboxylic acid groups (broad SMARTS) is 1. The highest BCUT2D eigenvalue weighted by Gasteiger charge is 2.37. The average Bonchev–Trinajstić information content (AvgIpc) is 3.21. The van der Waals surface area contributed by atoms with Gasteiger partial charge in [-0.2, -0.15) is 0 Å². The summed E-state index contributed by atoms with van der Waals surface area (Å²) in [5.74, 6) is -0.706. The molecule has 0 heterocycles. The van der Waals surface area contributed by atoms with Crippen LogP contribution in [0.25, 0.3) is 0 Å². The third-order valence-corrected chi connectivity index (χ3v) is 4.25. The van der Waals surface area contributed by atoms with Gasteiger partial charge in [-0.25, -0.2) is 0 Å². The first kappa shape index (κ1) is 17.4. The maximum absolute atomic E-state index is 11.4. The van der Waals surface area contributed by atoms with Gasteiger partial charge in [-0.3, -0.25) is 10.1 Å². The summed E-state index contributed by atoms with van der Waals surface area (Å²) in [4.78, 5) is 13.9. The lowest BCUT2D eigenvalue weighted by molar-refractivity contribution is -0.144. The zero-order valence-corrected chi connectivity index (χ0v) is 13.5. The van der Waals surface area contributed by atoms with Crippen molar-refractivity contribution in [3.8, 4) is 0 Å². The molecule has 1 rings (SSSR count). The van der Waals surface area contributed by atoms with Crippen LogP contribution in [-0.2, 0) is 4.79 Å². The van der Waals surface area contributed by atoms with Crippen LogP contribution >= 0.6 is 0 Å². The summed E-state index contributed by atoms with van der Waals surface area (Å²) in [5.41, 5.74) is -0.734. The number of rotatable bonds is 12. The number of aliphatic carboxylic acids is 1. The Balaban J connectivity index is 2.24. The molecule has 1 unspecified atom stereocenters. The molecule has 0 spiro atoms. The van der Waals surface area contributed by atoms with Crippen LogP contribution in [0.2, 0.25) is 0 Å². The van der Waals surface area contributed by atoms with Gasteiger partial charge >= 0.3 is 5.97 Å². The van der Waals surface area contributed by atoms with E-state index < -0.39 is 11.5 Å². The molecule has 1 saturated carbocycles. The fourth-order valence-electron chi connectivity index (χ4n) is 2.54. The number of carboxylic acids is 1. The molecule has 0 aliphatic heterocycles. The number of hydrogen-bond donors (Lipinski definition) is 2. The van der Waals surface area contributed by atoms with Crippen LogP contribution in [0.4, 0.5) is 0 Å². The molecule has 1 fully saturated rings. The lowest BCUT2D eigenvalue weighted by Gasteiger charge is -2.27. The van der Waals surface area contributed by atoms with Crippen LogP contribution < -0.4 is 5.32 Å². The van der Waals surface area contributed by atoms with Crippen LogP contribution in [0.15, 0.2) is 0 Å². The predicted octanol–water partition coefficient (Wildman–Crippen LogP) is 2.87. The van der Waals surface area contributed by atoms with Gasteiger partial charge in [0.1, 0.15) is 5.54 Å². The van der Waals surface area contributed by atoms with E-state index in [2.05, 4.69) is 24.1 Å². The molecule has 1 atom stereocenters. The summed E-state index contributed by atoms with van der Waals surface area (Å²) >= 11 is 0. The van der Waals surface area contributed by atoms with E-state index in [1.165, 1.54) is 19.4 Å². The van der Waals surface area contributed by atoms with E-state index in [-0.39, 0.29) is 0 Å². The molecule has 0 radical (unpaired) electrons. The monoisotopic (exact) mass is 284 g/mol. The average molecular weight is 284 g/mol. The number of carbonyl (C=O) groups is 1. The van der Waals surface area contributed by atoms with Crippen molar-refractivity contribution in [3.63, 3.8) is 0 Å². The lowest BCUT2D eigenvalue weighted by atomic mass is 9.94. The minimum absolute atomic E-state index is 0.438. The molecule has 0 aromatic carbocycles. The Morgan fingerprint density at radius 1 is 1.25 bits per heavy atom. The number of nitrogens with one attached hydrogen (secondary N) is 1. The molecule has 4 nitrogen and oxygen atoms in total. The molecule has 0 aromatic rings. The van der Waals surface area contributed by atoms with Crippen molar-refractivity contribution in [1.82, 2.24) is 10.2 Å². The van der Waals surface area contributed by atoms with E-state index in [1.807, 2.05) is 6.92 Å². The Morgan fingerprint density at radius 2 is 1.90 bits per heavy atom. The Kier molecular flexibility index (Phi) is 7.52. The number of unbranched alkanes of at least 4 members (excludes halogenated alkanes) is 2. The molecular weight excluding hydrogens is 252 g/mol. The minimum atomic E-state index is -0.734. The molecule has 118 valence electrons. The zero-order chi connectivity index (χ0) is 15.0. The van der Waals surface area contributed by atoms with Crippen molar-refractivity contribution in [3.05, 3.63) is 0 Å². The Hall–Kier alpha value is -0.610. The van der Waals surface area contributed by atoms with Crippen molar-refractivity contribution in [1.29, 1.82) is 0 Å². The molecular formula is C16H32N2O2. The van der Waals surface area contributed by atoms with Gasteiger partial charge in [0.05, 0.1) is 0 Å². The number of hydrogen-bond acceptors (Lipinski definition) is 3. The molecule has 0 amide bonds. The van der Waals surface area contributed by atoms with E-state index in [9.17, 15) is 9.90 Å². The molecule has 0 bridgehead atoms. The maximum Gasteiger partial charge on any atom is 0.323 e. The first-order valence-corrected chi connectivity index (χ1v) is 8.25. The third kappa shape index (κ3) is 6.23. The Labute approximate surface area is 123 Å². The summed E-state index contributed by atoms with van der Waals surface area (Å²) in [6.07, 6.45) is 7.54. The maximum atomic E-state index is 11.4. The highest BCUT2D eigenvalue weighted by molar-refractivity contribution is 5.78. The lowest BCUT2D eigenvalue weighted by Crippen LogP contribution is -2.50. The normalized spacial score (nSPS) is 18.2. The molecule has 20 heavy (non-hydrogen) atoms. The molecule has 4 heteroatoms. The second-order valence-electron chi connectivity index (χ2n) is 6.30. The van der Waals surface area contributed by atoms with Crippen molar-refractivity contribution < 1.29 is 9.90 Å². The van der Waals surface area contributed by atoms with E-state index in [0.29, 0.717) is 6.04 Å². The standard InChI is InChI=1S/C16H32N2O2/c1-4-6-12-18(5-2)13-8-7-11-16(3,15(19)20)17-14-9-10-14/h14,17H,4-13H2,1-3H3,(H,19,20). The van der Waals surface area contributed by atoms with Crippen LogP contribution in [0.3, 0.4) is 0 Å². The highest BCUT2D eigenvalue weighted by atomic mass is 16.4. The minimum Gasteiger partial charge on any atom is -0.480 e. The summed E-state index contributed by atoms with van der Waals surface area (Å²) in [6.45, 7) is 9.61. The van der Waals surface area contributed by atoms with Crippen molar-refractivity contribution >= 4 is 5.97 Å². The van der Waals surface area contributed by atoms with Gasteiger partial charge < -0.3 is 10.0 Å². The molecule has 0 aromatic heterocycles. The quantitative estimate of drug-likeness (QED) is 0.541. The summed E-state index contributed by atoms with van der Waals surface area (Å²) in [5, 5.41) is 12.7. The summed E-state index contributed by atoms with van der Waals surface area (Å²) < 4.78 is 0. The smallest absolute Gasteiger partial charge is 0.323 e. The van der Waals surface area contributed by atoms with Crippen molar-refractivity contribution in [2.24, 2.45) is 0 Å². The first-order chi connectivity index (χ1) is 9.51. The van der Waals surface area contributed by atoms with Crippen molar-refractivity contribution in [2.75, 3.05) is 19.6 Å². The van der Waals surface area contributed by atoms with E-state index in [1.54, 1.807) is 0 Å². The van der Waals surface area contributed by atoms with E-state index in [4.69, 9.17) is 0 Å². The van der Waals surface area contributed by atoms with Gasteiger partial charge in [0, 0.05) is 6.04 Å². The summed E-state index contributed by atoms with van der Waals surface area (Å²) in [6, 6.07) is 0.438. The molecule has 0 saturated heterocycles. The van der Waals surface area contributed by atoms with Crippen molar-refractivity contribution in [2.45, 2.75) is 77.3 Å². The van der Waals surface area contributed by atoms with Gasteiger partial charge in [0.15, 0.2) is 0 Å². The fraction of sp³-hybridized carbons (Fsp3) is 0.938. The molecule has 2 N–H and O–H groups in total. The zero-order valence-electron chi connectivity index (χ0n) is 13.5. The molecule has 1 aliphatic carbocycles. The van der Waals surface area contributed by atoms with Gasteiger partial charge in [-0.1, -0.05) is 20.3 Å². The SMILES string of the molecule is CCCCN(CC)CCCCC(C)(NC1CC1)C(=O)O. The Bertz CT molecular complexity index is 292. The number of nitrogens with zero attached hydrogens (tertiary/aromatic N) is 1. The second kappa shape index (κ2) is 8.63. The molecule has 1 aliphatic rings. The topological polar surface area (TPSA) is 52.6 Å². The van der Waals surface area contributed by atoms with E-state index >= 15 is 0 Å². The predicted molar refractivity (Wildman–Crippen MR) is 83.1 cm³/mol. The summed E-state index contributed by atoms with van der Waals surface area (Å²) in [7, 11) is 0. The highest BCUT2D eigenvalue weighted by Crippen LogP contribution is 2.25. The largest absolute Gasteiger partial charge is 0.480 e. The van der Waals surface area contributed by atoms with Gasteiger partial charge in [0.25, 0.3) is 0 Å². The van der Waals surface area contributed by atoms with Crippen LogP contribution in [0.1, 0.15) is 65.7 Å². The fourth-order valence-corrected chi connectivity index (χ4v) is 2.54. The van der Waals surface area contributed by atoms with Crippen LogP contribution in [-0.4, -0.2) is 47.2 Å². The third-order valence-electron chi connectivity index (χ3n) is 4.25. The van der Waals surface area contributed by atoms with Gasteiger partial charge in [0.2, 0.25) is 0 Å². The second-order valence-corrected chi connectivity index (χ2v) is 6.30. The van der Waals surface area contributed by atoms with Crippen LogP contribution in [0, 0.1) is 0 Å². The van der Waals surface area contributed by atoms with E-state index in [0.717, 1.165) is 45.2 Å². The first-order valence-electron chi connectivity index (χ1n) is 8.25. The van der Waals surface area contributed by atoms with Crippen LogP contribution in [0.5, 0.6) is 0 Å². The Morgan fingerprint density at radius 3 is 2.40 bits per heavy atom. The van der Waals surface area contributed by atoms with Gasteiger partial charge in [-0.15, -0.1) is 0 Å².